The third-order valence-electron chi connectivity index (χ3n) is 5.61. The van der Waals surface area contributed by atoms with Crippen LogP contribution in [0.25, 0.3) is 11.0 Å². The summed E-state index contributed by atoms with van der Waals surface area (Å²) in [4.78, 5) is 31.2. The first-order chi connectivity index (χ1) is 15.9. The van der Waals surface area contributed by atoms with Crippen LogP contribution in [0.3, 0.4) is 0 Å². The fraction of sp³-hybridized carbons (Fsp3) is 0.364. The number of nitriles is 1. The molecule has 2 amide bonds. The molecule has 0 aliphatic carbocycles. The molecule has 0 saturated carbocycles. The topological polar surface area (TPSA) is 111 Å². The van der Waals surface area contributed by atoms with E-state index in [0.29, 0.717) is 41.0 Å². The van der Waals surface area contributed by atoms with Gasteiger partial charge < -0.3 is 14.6 Å². The number of nitrogens with zero attached hydrogens (tertiary/aromatic N) is 4. The van der Waals surface area contributed by atoms with Crippen LogP contribution in [-0.4, -0.2) is 44.0 Å². The monoisotopic (exact) mass is 473 g/mol. The summed E-state index contributed by atoms with van der Waals surface area (Å²) in [6.07, 6.45) is -1.34. The zero-order chi connectivity index (χ0) is 23.5. The number of benzene rings is 1. The second kappa shape index (κ2) is 9.64. The van der Waals surface area contributed by atoms with Crippen molar-refractivity contribution in [1.29, 1.82) is 5.26 Å². The average molecular weight is 474 g/mol. The van der Waals surface area contributed by atoms with Crippen molar-refractivity contribution in [2.24, 2.45) is 0 Å². The van der Waals surface area contributed by atoms with Gasteiger partial charge in [0.25, 0.3) is 12.3 Å². The number of aliphatic hydroxyl groups is 1. The van der Waals surface area contributed by atoms with Gasteiger partial charge in [0, 0.05) is 19.1 Å². The minimum atomic E-state index is -2.66. The van der Waals surface area contributed by atoms with Crippen LogP contribution >= 0.6 is 11.3 Å². The molecule has 1 aliphatic rings. The Hall–Kier alpha value is -3.36. The van der Waals surface area contributed by atoms with Crippen molar-refractivity contribution >= 4 is 40.1 Å². The van der Waals surface area contributed by atoms with Gasteiger partial charge in [-0.15, -0.1) is 11.3 Å². The summed E-state index contributed by atoms with van der Waals surface area (Å²) in [5, 5.41) is 21.2. The Balaban J connectivity index is 1.67. The van der Waals surface area contributed by atoms with E-state index in [-0.39, 0.29) is 40.7 Å². The Morgan fingerprint density at radius 2 is 2.15 bits per heavy atom. The zero-order valence-corrected chi connectivity index (χ0v) is 18.3. The predicted molar refractivity (Wildman–Crippen MR) is 118 cm³/mol. The summed E-state index contributed by atoms with van der Waals surface area (Å²) in [6, 6.07) is 9.46. The summed E-state index contributed by atoms with van der Waals surface area (Å²) in [6.45, 7) is 0.697. The molecule has 1 aromatic carbocycles. The summed E-state index contributed by atoms with van der Waals surface area (Å²) in [5.41, 5.74) is 1.90. The van der Waals surface area contributed by atoms with E-state index in [2.05, 4.69) is 10.3 Å². The maximum atomic E-state index is 12.9. The van der Waals surface area contributed by atoms with Gasteiger partial charge in [0.05, 0.1) is 33.5 Å². The van der Waals surface area contributed by atoms with Crippen molar-refractivity contribution in [3.8, 4) is 6.07 Å². The molecule has 8 nitrogen and oxygen atoms in total. The van der Waals surface area contributed by atoms with Gasteiger partial charge in [-0.25, -0.2) is 13.8 Å². The molecule has 2 N–H and O–H groups in total. The second-order valence-electron chi connectivity index (χ2n) is 7.70. The number of aliphatic hydroxyl groups excluding tert-OH is 1. The van der Waals surface area contributed by atoms with Crippen LogP contribution in [0.5, 0.6) is 0 Å². The van der Waals surface area contributed by atoms with Crippen molar-refractivity contribution in [2.75, 3.05) is 11.9 Å². The molecular weight excluding hydrogens is 452 g/mol. The molecule has 3 heterocycles. The Kier molecular flexibility index (Phi) is 6.67. The first kappa shape index (κ1) is 22.8. The third-order valence-corrected chi connectivity index (χ3v) is 6.70. The molecule has 4 rings (SSSR count). The van der Waals surface area contributed by atoms with Gasteiger partial charge in [0.15, 0.2) is 0 Å². The molecule has 0 unspecified atom stereocenters. The van der Waals surface area contributed by atoms with E-state index in [1.54, 1.807) is 27.7 Å². The largest absolute Gasteiger partial charge is 0.392 e. The molecule has 172 valence electrons. The molecule has 0 bridgehead atoms. The van der Waals surface area contributed by atoms with Crippen LogP contribution in [0.15, 0.2) is 30.3 Å². The number of hydrogen-bond donors (Lipinski definition) is 2. The number of likely N-dealkylation sites (tertiary alicyclic amines) is 1. The number of carbonyl (C=O) groups excluding carboxylic acids is 2. The normalized spacial score (nSPS) is 15.8. The average Bonchev–Trinajstić information content (AvgIpc) is 3.53. The van der Waals surface area contributed by atoms with E-state index >= 15 is 0 Å². The highest BCUT2D eigenvalue weighted by molar-refractivity contribution is 7.14. The van der Waals surface area contributed by atoms with E-state index in [1.165, 1.54) is 12.1 Å². The lowest BCUT2D eigenvalue weighted by atomic mass is 10.2. The fourth-order valence-corrected chi connectivity index (χ4v) is 4.79. The lowest BCUT2D eigenvalue weighted by Gasteiger charge is -2.25. The van der Waals surface area contributed by atoms with Crippen LogP contribution in [-0.2, 0) is 17.9 Å². The number of hydrogen-bond acceptors (Lipinski definition) is 6. The minimum Gasteiger partial charge on any atom is -0.392 e. The number of fused-ring (bicyclic) bond motifs is 1. The zero-order valence-electron chi connectivity index (χ0n) is 17.5. The Labute approximate surface area is 192 Å². The number of amides is 2. The number of thiophene rings is 1. The number of halogens is 2. The quantitative estimate of drug-likeness (QED) is 0.544. The van der Waals surface area contributed by atoms with Crippen LogP contribution in [0.4, 0.5) is 14.7 Å². The first-order valence-electron chi connectivity index (χ1n) is 10.4. The molecule has 1 atom stereocenters. The van der Waals surface area contributed by atoms with Gasteiger partial charge in [0.1, 0.15) is 6.42 Å². The number of imidazole rings is 1. The summed E-state index contributed by atoms with van der Waals surface area (Å²) >= 11 is 0.714. The number of nitrogens with one attached hydrogen (secondary N) is 1. The number of alkyl halides is 2. The van der Waals surface area contributed by atoms with Crippen LogP contribution in [0.1, 0.15) is 45.8 Å². The summed E-state index contributed by atoms with van der Waals surface area (Å²) in [5.74, 6) is -0.587. The summed E-state index contributed by atoms with van der Waals surface area (Å²) in [7, 11) is 0. The standard InChI is InChI=1S/C22H21F2N5O3S/c23-20(24)17-5-6-18(33-17)21(32)27-22-26-15-4-3-13(12-30)10-16(15)29(22)11-14-2-1-9-28(14)19(31)7-8-25/h3-6,10,14,20,30H,1-2,7,9,11-12H2,(H,26,27,32)/t14-/m1/s1. The minimum absolute atomic E-state index is 0.131. The van der Waals surface area contributed by atoms with Gasteiger partial charge in [0.2, 0.25) is 11.9 Å². The van der Waals surface area contributed by atoms with Crippen molar-refractivity contribution in [3.63, 3.8) is 0 Å². The first-order valence-corrected chi connectivity index (χ1v) is 11.2. The molecule has 0 radical (unpaired) electrons. The smallest absolute Gasteiger partial charge is 0.272 e. The fourth-order valence-electron chi connectivity index (χ4n) is 4.04. The second-order valence-corrected chi connectivity index (χ2v) is 8.82. The summed E-state index contributed by atoms with van der Waals surface area (Å²) < 4.78 is 27.6. The van der Waals surface area contributed by atoms with E-state index in [0.717, 1.165) is 12.8 Å². The van der Waals surface area contributed by atoms with Crippen LogP contribution < -0.4 is 5.32 Å². The molecule has 1 saturated heterocycles. The number of rotatable bonds is 7. The highest BCUT2D eigenvalue weighted by Crippen LogP contribution is 2.29. The van der Waals surface area contributed by atoms with Crippen molar-refractivity contribution in [3.05, 3.63) is 45.6 Å². The molecule has 0 spiro atoms. The predicted octanol–water partition coefficient (Wildman–Crippen LogP) is 3.68. The third kappa shape index (κ3) is 4.72. The Bertz CT molecular complexity index is 1230. The molecule has 1 aliphatic heterocycles. The van der Waals surface area contributed by atoms with E-state index < -0.39 is 12.3 Å². The molecule has 11 heteroatoms. The van der Waals surface area contributed by atoms with Crippen molar-refractivity contribution in [2.45, 2.75) is 44.9 Å². The van der Waals surface area contributed by atoms with E-state index in [1.807, 2.05) is 6.07 Å². The van der Waals surface area contributed by atoms with E-state index in [4.69, 9.17) is 5.26 Å². The Morgan fingerprint density at radius 3 is 2.85 bits per heavy atom. The van der Waals surface area contributed by atoms with Gasteiger partial charge in [-0.2, -0.15) is 5.26 Å². The molecule has 33 heavy (non-hydrogen) atoms. The van der Waals surface area contributed by atoms with Crippen molar-refractivity contribution < 1.29 is 23.5 Å². The highest BCUT2D eigenvalue weighted by Gasteiger charge is 2.30. The van der Waals surface area contributed by atoms with Gasteiger partial charge >= 0.3 is 0 Å². The molecule has 1 fully saturated rings. The van der Waals surface area contributed by atoms with E-state index in [9.17, 15) is 23.5 Å². The number of anilines is 1. The Morgan fingerprint density at radius 1 is 1.33 bits per heavy atom. The van der Waals surface area contributed by atoms with Gasteiger partial charge in [-0.05, 0) is 42.7 Å². The SMILES string of the molecule is N#CCC(=O)N1CCC[C@@H]1Cn1c(NC(=O)c2ccc(C(F)F)s2)nc2ccc(CO)cc21. The molecule has 3 aromatic rings. The lowest BCUT2D eigenvalue weighted by Crippen LogP contribution is -2.38. The lowest BCUT2D eigenvalue weighted by molar-refractivity contribution is -0.131. The van der Waals surface area contributed by atoms with Crippen molar-refractivity contribution in [1.82, 2.24) is 14.5 Å². The van der Waals surface area contributed by atoms with Crippen LogP contribution in [0, 0.1) is 11.3 Å². The highest BCUT2D eigenvalue weighted by atomic mass is 32.1. The number of aromatic nitrogens is 2. The maximum absolute atomic E-state index is 12.9. The molecular formula is C22H21F2N5O3S. The van der Waals surface area contributed by atoms with Gasteiger partial charge in [-0.3, -0.25) is 14.9 Å². The maximum Gasteiger partial charge on any atom is 0.272 e. The van der Waals surface area contributed by atoms with Crippen LogP contribution in [0.2, 0.25) is 0 Å². The molecule has 2 aromatic heterocycles. The number of carbonyl (C=O) groups is 2. The van der Waals surface area contributed by atoms with Gasteiger partial charge in [-0.1, -0.05) is 6.07 Å².